The van der Waals surface area contributed by atoms with Crippen molar-refractivity contribution in [2.75, 3.05) is 20.3 Å². The number of carbonyl (C=O) groups excluding carboxylic acids is 1. The van der Waals surface area contributed by atoms with E-state index in [1.807, 2.05) is 55.5 Å². The summed E-state index contributed by atoms with van der Waals surface area (Å²) < 4.78 is 5.02. The van der Waals surface area contributed by atoms with Crippen molar-refractivity contribution >= 4 is 5.91 Å². The van der Waals surface area contributed by atoms with E-state index in [1.165, 1.54) is 0 Å². The lowest BCUT2D eigenvalue weighted by atomic mass is 10.0. The number of aromatic nitrogens is 1. The Hall–Kier alpha value is -2.24. The smallest absolute Gasteiger partial charge is 0.234 e. The second-order valence-electron chi connectivity index (χ2n) is 5.40. The zero-order valence-electron chi connectivity index (χ0n) is 13.5. The number of hydrogen-bond donors (Lipinski definition) is 2. The molecule has 2 rings (SSSR count). The van der Waals surface area contributed by atoms with Gasteiger partial charge in [0.2, 0.25) is 5.91 Å². The minimum Gasteiger partial charge on any atom is -0.383 e. The fourth-order valence-electron chi connectivity index (χ4n) is 2.40. The lowest BCUT2D eigenvalue weighted by Gasteiger charge is -2.19. The lowest BCUT2D eigenvalue weighted by Crippen LogP contribution is -2.42. The average Bonchev–Trinajstić information content (AvgIpc) is 2.57. The maximum atomic E-state index is 12.0. The van der Waals surface area contributed by atoms with Crippen molar-refractivity contribution in [1.82, 2.24) is 15.6 Å². The molecule has 0 aliphatic heterocycles. The summed E-state index contributed by atoms with van der Waals surface area (Å²) >= 11 is 0. The highest BCUT2D eigenvalue weighted by Crippen LogP contribution is 2.19. The number of pyridine rings is 1. The number of nitrogens with one attached hydrogen (secondary N) is 2. The summed E-state index contributed by atoms with van der Waals surface area (Å²) in [6.45, 7) is 2.62. The molecule has 1 heterocycles. The molecule has 0 aliphatic carbocycles. The van der Waals surface area contributed by atoms with E-state index in [9.17, 15) is 4.79 Å². The van der Waals surface area contributed by atoms with Crippen LogP contribution in [0, 0.1) is 0 Å². The van der Waals surface area contributed by atoms with E-state index in [1.54, 1.807) is 13.3 Å². The lowest BCUT2D eigenvalue weighted by molar-refractivity contribution is -0.121. The van der Waals surface area contributed by atoms with Crippen molar-refractivity contribution in [2.45, 2.75) is 19.0 Å². The SMILES string of the molecule is COCC(C)NC(=O)CNC(c1ccccc1)c1ccccn1. The molecule has 1 aromatic heterocycles. The zero-order valence-corrected chi connectivity index (χ0v) is 13.5. The molecular formula is C18H23N3O2. The van der Waals surface area contributed by atoms with E-state index < -0.39 is 0 Å². The molecule has 2 unspecified atom stereocenters. The minimum atomic E-state index is -0.124. The number of rotatable bonds is 8. The summed E-state index contributed by atoms with van der Waals surface area (Å²) in [5.41, 5.74) is 1.96. The van der Waals surface area contributed by atoms with Crippen molar-refractivity contribution in [2.24, 2.45) is 0 Å². The van der Waals surface area contributed by atoms with Gasteiger partial charge in [0.05, 0.1) is 24.9 Å². The number of amides is 1. The fourth-order valence-corrected chi connectivity index (χ4v) is 2.40. The molecule has 2 aromatic rings. The van der Waals surface area contributed by atoms with E-state index in [-0.39, 0.29) is 24.5 Å². The maximum absolute atomic E-state index is 12.0. The summed E-state index contributed by atoms with van der Waals surface area (Å²) in [6.07, 6.45) is 1.76. The Morgan fingerprint density at radius 2 is 1.91 bits per heavy atom. The molecule has 0 spiro atoms. The van der Waals surface area contributed by atoms with Crippen LogP contribution < -0.4 is 10.6 Å². The van der Waals surface area contributed by atoms with Gasteiger partial charge in [-0.3, -0.25) is 15.1 Å². The minimum absolute atomic E-state index is 0.0145. The van der Waals surface area contributed by atoms with Gasteiger partial charge in [0.15, 0.2) is 0 Å². The quantitative estimate of drug-likeness (QED) is 0.781. The molecule has 0 aliphatic rings. The van der Waals surface area contributed by atoms with Gasteiger partial charge in [0.25, 0.3) is 0 Å². The van der Waals surface area contributed by atoms with E-state index in [0.717, 1.165) is 11.3 Å². The third-order valence-corrected chi connectivity index (χ3v) is 3.41. The summed E-state index contributed by atoms with van der Waals surface area (Å²) in [5, 5.41) is 6.18. The molecule has 0 radical (unpaired) electrons. The van der Waals surface area contributed by atoms with Crippen LogP contribution in [0.1, 0.15) is 24.2 Å². The predicted molar refractivity (Wildman–Crippen MR) is 90.0 cm³/mol. The zero-order chi connectivity index (χ0) is 16.5. The van der Waals surface area contributed by atoms with Gasteiger partial charge in [0.1, 0.15) is 0 Å². The summed E-state index contributed by atoms with van der Waals surface area (Å²) in [7, 11) is 1.62. The summed E-state index contributed by atoms with van der Waals surface area (Å²) in [4.78, 5) is 16.5. The number of ether oxygens (including phenoxy) is 1. The van der Waals surface area contributed by atoms with Crippen LogP contribution in [0.2, 0.25) is 0 Å². The predicted octanol–water partition coefficient (Wildman–Crippen LogP) is 1.91. The molecule has 122 valence electrons. The number of benzene rings is 1. The van der Waals surface area contributed by atoms with Crippen molar-refractivity contribution < 1.29 is 9.53 Å². The van der Waals surface area contributed by atoms with Gasteiger partial charge in [-0.05, 0) is 24.6 Å². The molecule has 23 heavy (non-hydrogen) atoms. The van der Waals surface area contributed by atoms with Gasteiger partial charge in [-0.25, -0.2) is 0 Å². The van der Waals surface area contributed by atoms with E-state index in [2.05, 4.69) is 15.6 Å². The van der Waals surface area contributed by atoms with Crippen LogP contribution in [0.15, 0.2) is 54.7 Å². The van der Waals surface area contributed by atoms with Gasteiger partial charge in [-0.1, -0.05) is 36.4 Å². The Morgan fingerprint density at radius 3 is 2.57 bits per heavy atom. The Bertz CT molecular complexity index is 550. The molecule has 2 atom stereocenters. The molecule has 5 nitrogen and oxygen atoms in total. The van der Waals surface area contributed by atoms with E-state index in [0.29, 0.717) is 6.61 Å². The molecule has 0 fully saturated rings. The monoisotopic (exact) mass is 313 g/mol. The molecule has 2 N–H and O–H groups in total. The highest BCUT2D eigenvalue weighted by atomic mass is 16.5. The Labute approximate surface area is 137 Å². The van der Waals surface area contributed by atoms with E-state index >= 15 is 0 Å². The largest absolute Gasteiger partial charge is 0.383 e. The summed E-state index contributed by atoms with van der Waals surface area (Å²) in [5.74, 6) is -0.0635. The molecular weight excluding hydrogens is 290 g/mol. The second-order valence-corrected chi connectivity index (χ2v) is 5.40. The van der Waals surface area contributed by atoms with Gasteiger partial charge in [0, 0.05) is 19.3 Å². The van der Waals surface area contributed by atoms with Crippen molar-refractivity contribution in [3.8, 4) is 0 Å². The second kappa shape index (κ2) is 9.02. The topological polar surface area (TPSA) is 63.2 Å². The van der Waals surface area contributed by atoms with E-state index in [4.69, 9.17) is 4.74 Å². The Balaban J connectivity index is 2.03. The number of methoxy groups -OCH3 is 1. The standard InChI is InChI=1S/C18H23N3O2/c1-14(13-23-2)21-17(22)12-20-18(15-8-4-3-5-9-15)16-10-6-7-11-19-16/h3-11,14,18,20H,12-13H2,1-2H3,(H,21,22). The average molecular weight is 313 g/mol. The van der Waals surface area contributed by atoms with Crippen LogP contribution in [0.3, 0.4) is 0 Å². The van der Waals surface area contributed by atoms with Crippen LogP contribution >= 0.6 is 0 Å². The Morgan fingerprint density at radius 1 is 1.17 bits per heavy atom. The molecule has 5 heteroatoms. The molecule has 1 aromatic carbocycles. The molecule has 1 amide bonds. The third kappa shape index (κ3) is 5.47. The van der Waals surface area contributed by atoms with Crippen molar-refractivity contribution in [1.29, 1.82) is 0 Å². The third-order valence-electron chi connectivity index (χ3n) is 3.41. The van der Waals surface area contributed by atoms with Gasteiger partial charge in [-0.15, -0.1) is 0 Å². The first-order valence-electron chi connectivity index (χ1n) is 7.68. The number of nitrogens with zero attached hydrogens (tertiary/aromatic N) is 1. The highest BCUT2D eigenvalue weighted by molar-refractivity contribution is 5.78. The van der Waals surface area contributed by atoms with Crippen LogP contribution in [0.5, 0.6) is 0 Å². The number of hydrogen-bond acceptors (Lipinski definition) is 4. The number of carbonyl (C=O) groups is 1. The van der Waals surface area contributed by atoms with Crippen LogP contribution in [-0.4, -0.2) is 37.2 Å². The molecule has 0 saturated heterocycles. The fraction of sp³-hybridized carbons (Fsp3) is 0.333. The highest BCUT2D eigenvalue weighted by Gasteiger charge is 2.16. The normalized spacial score (nSPS) is 13.3. The molecule has 0 bridgehead atoms. The first kappa shape index (κ1) is 17.1. The van der Waals surface area contributed by atoms with Crippen LogP contribution in [-0.2, 0) is 9.53 Å². The Kier molecular flexibility index (Phi) is 6.72. The first-order valence-corrected chi connectivity index (χ1v) is 7.68. The van der Waals surface area contributed by atoms with Gasteiger partial charge in [-0.2, -0.15) is 0 Å². The molecule has 0 saturated carbocycles. The van der Waals surface area contributed by atoms with Gasteiger partial charge >= 0.3 is 0 Å². The van der Waals surface area contributed by atoms with Crippen molar-refractivity contribution in [3.63, 3.8) is 0 Å². The maximum Gasteiger partial charge on any atom is 0.234 e. The van der Waals surface area contributed by atoms with Crippen LogP contribution in [0.25, 0.3) is 0 Å². The first-order chi connectivity index (χ1) is 11.2. The van der Waals surface area contributed by atoms with Gasteiger partial charge < -0.3 is 10.1 Å². The summed E-state index contributed by atoms with van der Waals surface area (Å²) in [6, 6.07) is 15.6. The van der Waals surface area contributed by atoms with Crippen LogP contribution in [0.4, 0.5) is 0 Å². The van der Waals surface area contributed by atoms with Crippen molar-refractivity contribution in [3.05, 3.63) is 66.0 Å².